The minimum absolute atomic E-state index is 0.263. The van der Waals surface area contributed by atoms with Crippen molar-refractivity contribution in [1.29, 1.82) is 0 Å². The molecule has 0 saturated carbocycles. The fourth-order valence-electron chi connectivity index (χ4n) is 2.67. The molecule has 0 atom stereocenters. The van der Waals surface area contributed by atoms with Crippen LogP contribution in [0.25, 0.3) is 22.3 Å². The van der Waals surface area contributed by atoms with Crippen molar-refractivity contribution in [2.75, 3.05) is 12.4 Å². The van der Waals surface area contributed by atoms with Gasteiger partial charge in [-0.25, -0.2) is 4.98 Å². The molecule has 0 spiro atoms. The lowest BCUT2D eigenvalue weighted by Crippen LogP contribution is -2.12. The number of aromatic nitrogens is 1. The second-order valence-electron chi connectivity index (χ2n) is 5.33. The van der Waals surface area contributed by atoms with Crippen LogP contribution in [0.15, 0.2) is 64.5 Å². The SMILES string of the molecule is COc1ccc2oc(-c3ccccc3)c(C(=O)Nc3nccs3)c2c1. The van der Waals surface area contributed by atoms with E-state index in [4.69, 9.17) is 9.15 Å². The first kappa shape index (κ1) is 15.4. The van der Waals surface area contributed by atoms with E-state index >= 15 is 0 Å². The van der Waals surface area contributed by atoms with Gasteiger partial charge in [0, 0.05) is 22.5 Å². The van der Waals surface area contributed by atoms with E-state index in [1.54, 1.807) is 19.4 Å². The molecule has 124 valence electrons. The Hall–Kier alpha value is -3.12. The summed E-state index contributed by atoms with van der Waals surface area (Å²) in [4.78, 5) is 17.0. The van der Waals surface area contributed by atoms with Crippen molar-refractivity contribution >= 4 is 33.3 Å². The Balaban J connectivity index is 1.90. The molecule has 0 aliphatic heterocycles. The Labute approximate surface area is 147 Å². The van der Waals surface area contributed by atoms with Gasteiger partial charge in [-0.2, -0.15) is 0 Å². The van der Waals surface area contributed by atoms with Gasteiger partial charge in [0.2, 0.25) is 0 Å². The summed E-state index contributed by atoms with van der Waals surface area (Å²) >= 11 is 1.36. The highest BCUT2D eigenvalue weighted by Gasteiger charge is 2.23. The molecule has 5 nitrogen and oxygen atoms in total. The topological polar surface area (TPSA) is 64.4 Å². The molecule has 1 amide bonds. The molecule has 0 unspecified atom stereocenters. The molecule has 0 fully saturated rings. The quantitative estimate of drug-likeness (QED) is 0.573. The molecule has 0 aliphatic carbocycles. The third-order valence-electron chi connectivity index (χ3n) is 3.81. The maximum atomic E-state index is 12.9. The zero-order valence-electron chi connectivity index (χ0n) is 13.4. The van der Waals surface area contributed by atoms with E-state index in [0.29, 0.717) is 33.2 Å². The average Bonchev–Trinajstić information content (AvgIpc) is 3.29. The van der Waals surface area contributed by atoms with Crippen molar-refractivity contribution in [1.82, 2.24) is 4.98 Å². The molecule has 4 aromatic rings. The molecular weight excluding hydrogens is 336 g/mol. The van der Waals surface area contributed by atoms with Gasteiger partial charge in [0.15, 0.2) is 5.13 Å². The molecule has 1 N–H and O–H groups in total. The van der Waals surface area contributed by atoms with Gasteiger partial charge in [-0.1, -0.05) is 30.3 Å². The smallest absolute Gasteiger partial charge is 0.262 e. The van der Waals surface area contributed by atoms with Crippen molar-refractivity contribution < 1.29 is 13.9 Å². The first-order valence-corrected chi connectivity index (χ1v) is 8.51. The Morgan fingerprint density at radius 1 is 1.20 bits per heavy atom. The maximum absolute atomic E-state index is 12.9. The molecule has 0 saturated heterocycles. The number of fused-ring (bicyclic) bond motifs is 1. The van der Waals surface area contributed by atoms with Gasteiger partial charge >= 0.3 is 0 Å². The molecule has 2 heterocycles. The summed E-state index contributed by atoms with van der Waals surface area (Å²) in [6, 6.07) is 15.0. The fourth-order valence-corrected chi connectivity index (χ4v) is 3.19. The van der Waals surface area contributed by atoms with Crippen molar-refractivity contribution in [3.8, 4) is 17.1 Å². The van der Waals surface area contributed by atoms with Crippen LogP contribution in [-0.2, 0) is 0 Å². The molecular formula is C19H14N2O3S. The van der Waals surface area contributed by atoms with E-state index in [1.165, 1.54) is 11.3 Å². The van der Waals surface area contributed by atoms with Crippen LogP contribution in [0.3, 0.4) is 0 Å². The summed E-state index contributed by atoms with van der Waals surface area (Å²) in [7, 11) is 1.59. The number of carbonyl (C=O) groups is 1. The van der Waals surface area contributed by atoms with Crippen LogP contribution in [0.1, 0.15) is 10.4 Å². The number of thiazole rings is 1. The molecule has 0 radical (unpaired) electrons. The molecule has 0 bridgehead atoms. The Kier molecular flexibility index (Phi) is 3.95. The standard InChI is InChI=1S/C19H14N2O3S/c1-23-13-7-8-15-14(11-13)16(18(22)21-19-20-9-10-25-19)17(24-15)12-5-3-2-4-6-12/h2-11H,1H3,(H,20,21,22). The molecule has 25 heavy (non-hydrogen) atoms. The minimum atomic E-state index is -0.263. The summed E-state index contributed by atoms with van der Waals surface area (Å²) in [5.41, 5.74) is 1.93. The van der Waals surface area contributed by atoms with Crippen LogP contribution >= 0.6 is 11.3 Å². The zero-order chi connectivity index (χ0) is 17.2. The zero-order valence-corrected chi connectivity index (χ0v) is 14.2. The van der Waals surface area contributed by atoms with Crippen LogP contribution in [0.2, 0.25) is 0 Å². The maximum Gasteiger partial charge on any atom is 0.262 e. The largest absolute Gasteiger partial charge is 0.497 e. The highest BCUT2D eigenvalue weighted by Crippen LogP contribution is 2.36. The monoisotopic (exact) mass is 350 g/mol. The number of carbonyl (C=O) groups excluding carboxylic acids is 1. The van der Waals surface area contributed by atoms with Crippen molar-refractivity contribution in [2.45, 2.75) is 0 Å². The van der Waals surface area contributed by atoms with Crippen LogP contribution in [0, 0.1) is 0 Å². The number of hydrogen-bond acceptors (Lipinski definition) is 5. The number of methoxy groups -OCH3 is 1. The highest BCUT2D eigenvalue weighted by atomic mass is 32.1. The first-order chi connectivity index (χ1) is 12.3. The number of nitrogens with zero attached hydrogens (tertiary/aromatic N) is 1. The third-order valence-corrected chi connectivity index (χ3v) is 4.50. The summed E-state index contributed by atoms with van der Waals surface area (Å²) in [6.07, 6.45) is 1.65. The van der Waals surface area contributed by atoms with Crippen molar-refractivity contribution in [2.24, 2.45) is 0 Å². The number of furan rings is 1. The Bertz CT molecular complexity index is 1020. The Morgan fingerprint density at radius 3 is 2.76 bits per heavy atom. The first-order valence-electron chi connectivity index (χ1n) is 7.63. The lowest BCUT2D eigenvalue weighted by Gasteiger charge is -2.04. The van der Waals surface area contributed by atoms with Gasteiger partial charge in [-0.05, 0) is 18.2 Å². The van der Waals surface area contributed by atoms with Gasteiger partial charge in [0.25, 0.3) is 5.91 Å². The van der Waals surface area contributed by atoms with Gasteiger partial charge in [-0.15, -0.1) is 11.3 Å². The van der Waals surface area contributed by atoms with E-state index in [1.807, 2.05) is 47.8 Å². The number of benzene rings is 2. The molecule has 2 aromatic heterocycles. The summed E-state index contributed by atoms with van der Waals surface area (Å²) in [6.45, 7) is 0. The van der Waals surface area contributed by atoms with Crippen LogP contribution < -0.4 is 10.1 Å². The van der Waals surface area contributed by atoms with Gasteiger partial charge in [0.1, 0.15) is 17.1 Å². The van der Waals surface area contributed by atoms with Gasteiger partial charge in [0.05, 0.1) is 12.7 Å². The van der Waals surface area contributed by atoms with Gasteiger partial charge < -0.3 is 9.15 Å². The van der Waals surface area contributed by atoms with Crippen LogP contribution in [0.4, 0.5) is 5.13 Å². The normalized spacial score (nSPS) is 10.8. The fraction of sp³-hybridized carbons (Fsp3) is 0.0526. The van der Waals surface area contributed by atoms with Crippen molar-refractivity contribution in [3.05, 3.63) is 65.7 Å². The predicted octanol–water partition coefficient (Wildman–Crippen LogP) is 4.82. The lowest BCUT2D eigenvalue weighted by molar-refractivity contribution is 0.102. The number of ether oxygens (including phenoxy) is 1. The molecule has 6 heteroatoms. The van der Waals surface area contributed by atoms with Crippen molar-refractivity contribution in [3.63, 3.8) is 0 Å². The number of hydrogen-bond donors (Lipinski definition) is 1. The van der Waals surface area contributed by atoms with Crippen LogP contribution in [-0.4, -0.2) is 18.0 Å². The van der Waals surface area contributed by atoms with E-state index in [0.717, 1.165) is 5.56 Å². The summed E-state index contributed by atoms with van der Waals surface area (Å²) in [5, 5.41) is 5.89. The molecule has 0 aliphatic rings. The second kappa shape index (κ2) is 6.41. The second-order valence-corrected chi connectivity index (χ2v) is 6.22. The highest BCUT2D eigenvalue weighted by molar-refractivity contribution is 7.13. The van der Waals surface area contributed by atoms with E-state index in [-0.39, 0.29) is 5.91 Å². The van der Waals surface area contributed by atoms with Crippen LogP contribution in [0.5, 0.6) is 5.75 Å². The number of anilines is 1. The molecule has 4 rings (SSSR count). The lowest BCUT2D eigenvalue weighted by atomic mass is 10.0. The number of rotatable bonds is 4. The predicted molar refractivity (Wildman–Crippen MR) is 98.3 cm³/mol. The third kappa shape index (κ3) is 2.88. The van der Waals surface area contributed by atoms with E-state index in [2.05, 4.69) is 10.3 Å². The van der Waals surface area contributed by atoms with E-state index < -0.39 is 0 Å². The average molecular weight is 350 g/mol. The molecule has 2 aromatic carbocycles. The number of nitrogens with one attached hydrogen (secondary N) is 1. The Morgan fingerprint density at radius 2 is 2.04 bits per heavy atom. The minimum Gasteiger partial charge on any atom is -0.497 e. The van der Waals surface area contributed by atoms with E-state index in [9.17, 15) is 4.79 Å². The summed E-state index contributed by atoms with van der Waals surface area (Å²) < 4.78 is 11.3. The summed E-state index contributed by atoms with van der Waals surface area (Å²) in [5.74, 6) is 0.926. The number of amides is 1. The van der Waals surface area contributed by atoms with Gasteiger partial charge in [-0.3, -0.25) is 10.1 Å².